The summed E-state index contributed by atoms with van der Waals surface area (Å²) in [6, 6.07) is 11.5. The molecule has 348 valence electrons. The molecule has 2 N–H and O–H groups in total. The summed E-state index contributed by atoms with van der Waals surface area (Å²) in [5, 5.41) is 24.9. The molecule has 11 nitrogen and oxygen atoms in total. The van der Waals surface area contributed by atoms with Crippen molar-refractivity contribution >= 4 is 11.6 Å². The average Bonchev–Trinajstić information content (AvgIpc) is 3.30. The maximum atomic E-state index is 14.5. The number of hydrogen-bond donors (Lipinski definition) is 2. The lowest BCUT2D eigenvalue weighted by Gasteiger charge is -2.59. The first kappa shape index (κ1) is 48.7. The van der Waals surface area contributed by atoms with Crippen LogP contribution in [0.3, 0.4) is 0 Å². The van der Waals surface area contributed by atoms with Gasteiger partial charge < -0.3 is 38.9 Å². The number of amides is 1. The Labute approximate surface area is 377 Å². The van der Waals surface area contributed by atoms with Gasteiger partial charge in [0, 0.05) is 56.7 Å². The number of aliphatic hydroxyl groups is 2. The number of unbranched alkanes of at least 4 members (excludes halogenated alkanes) is 10. The molecule has 3 heterocycles. The summed E-state index contributed by atoms with van der Waals surface area (Å²) in [7, 11) is 1.90. The Morgan fingerprint density at radius 1 is 0.984 bits per heavy atom. The monoisotopic (exact) mass is 872 g/mol. The standard InChI is InChI=1S/C52H77N3O8/c1-5-7-8-9-10-11-12-13-14-26-48(58)55(4)47-36-45(54-63-49-27-17-20-33-59-49)43-34-39(23-15-18-30-56)42(25-16-19-31-57)50-44-35-41(60-37-40-24-21-22-38(3)53-40)28-29-46(44)62-52(47,51(43)50)61-32-6-2/h6,21-22,24,28-29,34-35,39,42,47,49-51,56-57H,2,5,7-20,23,25-27,30-33,36-37H2,1,3-4H3. The summed E-state index contributed by atoms with van der Waals surface area (Å²) in [4.78, 5) is 27.3. The summed E-state index contributed by atoms with van der Waals surface area (Å²) in [6.07, 6.45) is 22.8. The first-order chi connectivity index (χ1) is 30.8. The molecule has 6 rings (SSSR count). The van der Waals surface area contributed by atoms with Crippen LogP contribution in [-0.4, -0.2) is 83.3 Å². The minimum absolute atomic E-state index is 0.0597. The lowest BCUT2D eigenvalue weighted by atomic mass is 9.55. The minimum atomic E-state index is -1.28. The predicted octanol–water partition coefficient (Wildman–Crippen LogP) is 10.5. The van der Waals surface area contributed by atoms with E-state index in [1.165, 1.54) is 38.5 Å². The molecule has 4 aliphatic rings. The summed E-state index contributed by atoms with van der Waals surface area (Å²) >= 11 is 0. The van der Waals surface area contributed by atoms with Crippen LogP contribution in [0.25, 0.3) is 0 Å². The Balaban J connectivity index is 1.41. The highest BCUT2D eigenvalue weighted by molar-refractivity contribution is 6.03. The molecular weight excluding hydrogens is 795 g/mol. The Bertz CT molecular complexity index is 1790. The molecule has 1 saturated heterocycles. The number of likely N-dealkylation sites (N-methyl/N-ethyl adjacent to an activating group) is 1. The first-order valence-electron chi connectivity index (χ1n) is 24.5. The maximum absolute atomic E-state index is 14.5. The van der Waals surface area contributed by atoms with Crippen LogP contribution in [0.1, 0.15) is 158 Å². The quantitative estimate of drug-likeness (QED) is 0.0511. The number of aryl methyl sites for hydroxylation is 1. The van der Waals surface area contributed by atoms with Crippen LogP contribution >= 0.6 is 0 Å². The zero-order valence-corrected chi connectivity index (χ0v) is 38.7. The van der Waals surface area contributed by atoms with E-state index in [1.807, 2.05) is 49.2 Å². The average molecular weight is 872 g/mol. The zero-order valence-electron chi connectivity index (χ0n) is 38.7. The summed E-state index contributed by atoms with van der Waals surface area (Å²) in [6.45, 7) is 9.74. The van der Waals surface area contributed by atoms with Gasteiger partial charge in [-0.1, -0.05) is 94.5 Å². The SMILES string of the molecule is C=CCOC12Oc3ccc(OCc4cccc(C)n4)cc3C3C(CCCCO)C(CCCCO)C=C(C(=NOC4CCCCO4)CC1N(C)C(=O)CCCCCCCCCCC)C32. The van der Waals surface area contributed by atoms with E-state index in [9.17, 15) is 15.0 Å². The van der Waals surface area contributed by atoms with E-state index >= 15 is 0 Å². The molecule has 2 aliphatic carbocycles. The summed E-state index contributed by atoms with van der Waals surface area (Å²) in [5.74, 6) is -0.0353. The number of oxime groups is 1. The third kappa shape index (κ3) is 12.7. The van der Waals surface area contributed by atoms with Crippen molar-refractivity contribution < 1.29 is 38.8 Å². The van der Waals surface area contributed by atoms with Gasteiger partial charge in [0.05, 0.1) is 30.5 Å². The Morgan fingerprint density at radius 2 is 1.75 bits per heavy atom. The second-order valence-electron chi connectivity index (χ2n) is 18.3. The fourth-order valence-corrected chi connectivity index (χ4v) is 10.5. The largest absolute Gasteiger partial charge is 0.487 e. The van der Waals surface area contributed by atoms with Crippen molar-refractivity contribution in [2.24, 2.45) is 22.9 Å². The number of aromatic nitrogens is 1. The fourth-order valence-electron chi connectivity index (χ4n) is 10.5. The zero-order chi connectivity index (χ0) is 44.4. The molecule has 7 unspecified atom stereocenters. The van der Waals surface area contributed by atoms with Gasteiger partial charge in [-0.3, -0.25) is 9.78 Å². The van der Waals surface area contributed by atoms with Gasteiger partial charge in [-0.05, 0) is 99.6 Å². The van der Waals surface area contributed by atoms with E-state index in [1.54, 1.807) is 6.08 Å². The number of fused-ring (bicyclic) bond motifs is 2. The molecule has 63 heavy (non-hydrogen) atoms. The molecule has 2 fully saturated rings. The molecule has 1 aromatic carbocycles. The van der Waals surface area contributed by atoms with Crippen LogP contribution in [-0.2, 0) is 25.7 Å². The predicted molar refractivity (Wildman–Crippen MR) is 248 cm³/mol. The summed E-state index contributed by atoms with van der Waals surface area (Å²) < 4.78 is 26.9. The Hall–Kier alpha value is -3.77. The molecule has 2 aromatic rings. The minimum Gasteiger partial charge on any atom is -0.487 e. The van der Waals surface area contributed by atoms with E-state index in [4.69, 9.17) is 28.9 Å². The number of aliphatic hydroxyl groups excluding tert-OH is 2. The van der Waals surface area contributed by atoms with Crippen molar-refractivity contribution in [1.82, 2.24) is 9.88 Å². The van der Waals surface area contributed by atoms with Gasteiger partial charge in [-0.15, -0.1) is 6.58 Å². The number of hydrogen-bond acceptors (Lipinski definition) is 10. The van der Waals surface area contributed by atoms with Gasteiger partial charge in [-0.2, -0.15) is 0 Å². The molecule has 1 saturated carbocycles. The molecule has 1 aromatic heterocycles. The van der Waals surface area contributed by atoms with E-state index < -0.39 is 18.1 Å². The van der Waals surface area contributed by atoms with Crippen molar-refractivity contribution in [2.75, 3.05) is 33.5 Å². The van der Waals surface area contributed by atoms with Crippen LogP contribution in [0, 0.1) is 24.7 Å². The van der Waals surface area contributed by atoms with Gasteiger partial charge in [0.15, 0.2) is 0 Å². The van der Waals surface area contributed by atoms with Crippen molar-refractivity contribution in [2.45, 2.75) is 173 Å². The number of rotatable bonds is 27. The van der Waals surface area contributed by atoms with Crippen molar-refractivity contribution in [1.29, 1.82) is 0 Å². The molecule has 1 amide bonds. The summed E-state index contributed by atoms with van der Waals surface area (Å²) in [5.41, 5.74) is 4.62. The van der Waals surface area contributed by atoms with E-state index in [0.717, 1.165) is 98.2 Å². The second-order valence-corrected chi connectivity index (χ2v) is 18.3. The number of benzene rings is 1. The van der Waals surface area contributed by atoms with Crippen LogP contribution in [0.5, 0.6) is 11.5 Å². The highest BCUT2D eigenvalue weighted by Crippen LogP contribution is 2.62. The Kier molecular flexibility index (Phi) is 19.4. The fraction of sp³-hybridized carbons (Fsp3) is 0.673. The lowest BCUT2D eigenvalue weighted by molar-refractivity contribution is -0.256. The Morgan fingerprint density at radius 3 is 2.46 bits per heavy atom. The highest BCUT2D eigenvalue weighted by Gasteiger charge is 2.65. The van der Waals surface area contributed by atoms with E-state index in [2.05, 4.69) is 30.6 Å². The van der Waals surface area contributed by atoms with Crippen LogP contribution in [0.15, 0.2) is 65.9 Å². The molecular formula is C52H77N3O8. The third-order valence-electron chi connectivity index (χ3n) is 13.8. The second kappa shape index (κ2) is 25.1. The number of nitrogens with zero attached hydrogens (tertiary/aromatic N) is 3. The van der Waals surface area contributed by atoms with E-state index in [-0.39, 0.29) is 49.4 Å². The van der Waals surface area contributed by atoms with Gasteiger partial charge in [-0.25, -0.2) is 0 Å². The van der Waals surface area contributed by atoms with Crippen molar-refractivity contribution in [3.8, 4) is 11.5 Å². The topological polar surface area (TPSA) is 132 Å². The third-order valence-corrected chi connectivity index (χ3v) is 13.8. The molecule has 0 bridgehead atoms. The molecule has 0 spiro atoms. The van der Waals surface area contributed by atoms with Gasteiger partial charge in [0.25, 0.3) is 0 Å². The lowest BCUT2D eigenvalue weighted by Crippen LogP contribution is -2.69. The van der Waals surface area contributed by atoms with Crippen molar-refractivity contribution in [3.63, 3.8) is 0 Å². The molecule has 0 radical (unpaired) electrons. The van der Waals surface area contributed by atoms with Crippen LogP contribution in [0.4, 0.5) is 0 Å². The van der Waals surface area contributed by atoms with Crippen molar-refractivity contribution in [3.05, 3.63) is 77.7 Å². The van der Waals surface area contributed by atoms with Gasteiger partial charge >= 0.3 is 0 Å². The van der Waals surface area contributed by atoms with Crippen LogP contribution in [0.2, 0.25) is 0 Å². The van der Waals surface area contributed by atoms with Gasteiger partial charge in [0.2, 0.25) is 18.0 Å². The smallest absolute Gasteiger partial charge is 0.239 e. The highest BCUT2D eigenvalue weighted by atomic mass is 16.8. The molecule has 11 heteroatoms. The van der Waals surface area contributed by atoms with Gasteiger partial charge in [0.1, 0.15) is 24.1 Å². The number of allylic oxidation sites excluding steroid dienone is 1. The van der Waals surface area contributed by atoms with Crippen LogP contribution < -0.4 is 9.47 Å². The first-order valence-corrected chi connectivity index (χ1v) is 24.5. The molecule has 2 aliphatic heterocycles. The number of carbonyl (C=O) groups is 1. The molecule has 7 atom stereocenters. The number of carbonyl (C=O) groups excluding carboxylic acids is 1. The van der Waals surface area contributed by atoms with E-state index in [0.29, 0.717) is 44.6 Å². The number of ether oxygens (including phenoxy) is 4. The number of pyridine rings is 1. The normalized spacial score (nSPS) is 25.7. The maximum Gasteiger partial charge on any atom is 0.239 e.